The molecule has 0 saturated heterocycles. The number of rotatable bonds is 5. The smallest absolute Gasteiger partial charge is 0.333 e. The summed E-state index contributed by atoms with van der Waals surface area (Å²) in [7, 11) is 0. The van der Waals surface area contributed by atoms with Gasteiger partial charge in [-0.15, -0.1) is 0 Å². The molecule has 104 valence electrons. The number of ether oxygens (including phenoxy) is 2. The highest BCUT2D eigenvalue weighted by molar-refractivity contribution is 5.86. The van der Waals surface area contributed by atoms with Crippen LogP contribution in [0.4, 0.5) is 0 Å². The molecule has 0 fully saturated rings. The Morgan fingerprint density at radius 2 is 1.83 bits per heavy atom. The summed E-state index contributed by atoms with van der Waals surface area (Å²) in [5.41, 5.74) is 0.348. The van der Waals surface area contributed by atoms with E-state index in [4.69, 9.17) is 10.2 Å². The molecule has 0 bridgehead atoms. The first-order valence-electron chi connectivity index (χ1n) is 5.22. The van der Waals surface area contributed by atoms with Crippen LogP contribution >= 0.6 is 0 Å². The predicted octanol–water partition coefficient (Wildman–Crippen LogP) is 0.540. The molecule has 0 aliphatic heterocycles. The maximum atomic E-state index is 10.6. The molecule has 0 saturated carbocycles. The molecule has 2 unspecified atom stereocenters. The Morgan fingerprint density at radius 1 is 1.33 bits per heavy atom. The molecule has 0 aromatic rings. The van der Waals surface area contributed by atoms with Crippen molar-refractivity contribution in [3.63, 3.8) is 0 Å². The fourth-order valence-corrected chi connectivity index (χ4v) is 0.536. The molecular weight excluding hydrogens is 240 g/mol. The third kappa shape index (κ3) is 14.3. The van der Waals surface area contributed by atoms with Crippen molar-refractivity contribution in [1.82, 2.24) is 0 Å². The summed E-state index contributed by atoms with van der Waals surface area (Å²) >= 11 is 0. The van der Waals surface area contributed by atoms with Crippen LogP contribution in [-0.2, 0) is 19.1 Å². The lowest BCUT2D eigenvalue weighted by Crippen LogP contribution is -2.15. The number of hydrogen-bond donors (Lipinski definition) is 2. The second-order valence-electron chi connectivity index (χ2n) is 3.47. The zero-order valence-corrected chi connectivity index (χ0v) is 10.9. The summed E-state index contributed by atoms with van der Waals surface area (Å²) in [5.74, 6) is -1.07. The van der Waals surface area contributed by atoms with E-state index in [2.05, 4.69) is 22.6 Å². The van der Waals surface area contributed by atoms with Gasteiger partial charge in [0.2, 0.25) is 0 Å². The van der Waals surface area contributed by atoms with Crippen molar-refractivity contribution >= 4 is 11.9 Å². The van der Waals surface area contributed by atoms with Gasteiger partial charge in [0.15, 0.2) is 6.29 Å². The van der Waals surface area contributed by atoms with E-state index in [1.807, 2.05) is 0 Å². The standard InChI is InChI=1S/C7H12O3.C5H8O3/c1-5(2)7(9)10-4-6(3)8;1-3-5(7)8-4(2)6/h6,8H,1,4H2,2-3H3;3-4,6H,1H2,2H3. The van der Waals surface area contributed by atoms with Crippen molar-refractivity contribution in [3.8, 4) is 0 Å². The molecule has 18 heavy (non-hydrogen) atoms. The summed E-state index contributed by atoms with van der Waals surface area (Å²) < 4.78 is 8.77. The number of esters is 2. The predicted molar refractivity (Wildman–Crippen MR) is 65.4 cm³/mol. The van der Waals surface area contributed by atoms with Gasteiger partial charge in [0, 0.05) is 11.6 Å². The van der Waals surface area contributed by atoms with Crippen LogP contribution in [0.25, 0.3) is 0 Å². The van der Waals surface area contributed by atoms with Gasteiger partial charge >= 0.3 is 11.9 Å². The second kappa shape index (κ2) is 10.5. The lowest BCUT2D eigenvalue weighted by molar-refractivity contribution is -0.158. The lowest BCUT2D eigenvalue weighted by Gasteiger charge is -2.04. The first kappa shape index (κ1) is 18.7. The van der Waals surface area contributed by atoms with Crippen LogP contribution in [-0.4, -0.2) is 41.2 Å². The van der Waals surface area contributed by atoms with Gasteiger partial charge in [-0.25, -0.2) is 9.59 Å². The van der Waals surface area contributed by atoms with E-state index in [9.17, 15) is 9.59 Å². The van der Waals surface area contributed by atoms with Gasteiger partial charge in [-0.3, -0.25) is 0 Å². The minimum Gasteiger partial charge on any atom is -0.460 e. The van der Waals surface area contributed by atoms with Crippen molar-refractivity contribution in [3.05, 3.63) is 24.8 Å². The van der Waals surface area contributed by atoms with Gasteiger partial charge in [-0.1, -0.05) is 13.2 Å². The molecule has 2 N–H and O–H groups in total. The van der Waals surface area contributed by atoms with Gasteiger partial charge < -0.3 is 19.7 Å². The molecule has 0 spiro atoms. The molecule has 6 nitrogen and oxygen atoms in total. The molecule has 0 aliphatic rings. The molecule has 0 amide bonds. The monoisotopic (exact) mass is 260 g/mol. The van der Waals surface area contributed by atoms with Crippen molar-refractivity contribution in [2.24, 2.45) is 0 Å². The normalized spacial score (nSPS) is 12.3. The first-order valence-corrected chi connectivity index (χ1v) is 5.22. The van der Waals surface area contributed by atoms with Crippen LogP contribution in [0.15, 0.2) is 24.8 Å². The summed E-state index contributed by atoms with van der Waals surface area (Å²) in [4.78, 5) is 20.7. The van der Waals surface area contributed by atoms with Crippen molar-refractivity contribution in [2.45, 2.75) is 33.2 Å². The number of aliphatic hydroxyl groups excluding tert-OH is 2. The van der Waals surface area contributed by atoms with Gasteiger partial charge in [0.05, 0.1) is 6.10 Å². The van der Waals surface area contributed by atoms with Gasteiger partial charge in [-0.05, 0) is 20.8 Å². The maximum absolute atomic E-state index is 10.6. The van der Waals surface area contributed by atoms with E-state index in [-0.39, 0.29) is 6.61 Å². The zero-order chi connectivity index (χ0) is 14.7. The topological polar surface area (TPSA) is 93.1 Å². The Balaban J connectivity index is 0. The van der Waals surface area contributed by atoms with Crippen molar-refractivity contribution in [2.75, 3.05) is 6.61 Å². The van der Waals surface area contributed by atoms with Crippen LogP contribution < -0.4 is 0 Å². The van der Waals surface area contributed by atoms with Gasteiger partial charge in [0.1, 0.15) is 6.61 Å². The van der Waals surface area contributed by atoms with Crippen LogP contribution in [0.1, 0.15) is 20.8 Å². The number of carbonyl (C=O) groups excluding carboxylic acids is 2. The van der Waals surface area contributed by atoms with Crippen LogP contribution in [0, 0.1) is 0 Å². The maximum Gasteiger partial charge on any atom is 0.333 e. The van der Waals surface area contributed by atoms with E-state index >= 15 is 0 Å². The van der Waals surface area contributed by atoms with Gasteiger partial charge in [0.25, 0.3) is 0 Å². The Morgan fingerprint density at radius 3 is 2.06 bits per heavy atom. The minimum atomic E-state index is -1.04. The van der Waals surface area contributed by atoms with E-state index in [0.29, 0.717) is 5.57 Å². The number of hydrogen-bond acceptors (Lipinski definition) is 6. The zero-order valence-electron chi connectivity index (χ0n) is 10.9. The van der Waals surface area contributed by atoms with Crippen molar-refractivity contribution in [1.29, 1.82) is 0 Å². The fraction of sp³-hybridized carbons (Fsp3) is 0.500. The Hall–Kier alpha value is -1.66. The second-order valence-corrected chi connectivity index (χ2v) is 3.47. The van der Waals surface area contributed by atoms with Crippen LogP contribution in [0.5, 0.6) is 0 Å². The Labute approximate surface area is 107 Å². The Kier molecular flexibility index (Phi) is 10.9. The summed E-state index contributed by atoms with van der Waals surface area (Å²) in [6, 6.07) is 0. The minimum absolute atomic E-state index is 0.0334. The molecule has 0 aromatic carbocycles. The fourth-order valence-electron chi connectivity index (χ4n) is 0.536. The van der Waals surface area contributed by atoms with E-state index < -0.39 is 24.3 Å². The molecular formula is C12H20O6. The van der Waals surface area contributed by atoms with E-state index in [1.165, 1.54) is 6.92 Å². The SMILES string of the molecule is C=C(C)C(=O)OCC(C)O.C=CC(=O)OC(C)O. The molecule has 6 heteroatoms. The highest BCUT2D eigenvalue weighted by Gasteiger charge is 2.03. The van der Waals surface area contributed by atoms with Crippen molar-refractivity contribution < 1.29 is 29.3 Å². The first-order chi connectivity index (χ1) is 8.20. The van der Waals surface area contributed by atoms with Gasteiger partial charge in [-0.2, -0.15) is 0 Å². The number of aliphatic hydroxyl groups is 2. The average Bonchev–Trinajstić information content (AvgIpc) is 2.25. The molecule has 0 aromatic heterocycles. The summed E-state index contributed by atoms with van der Waals surface area (Å²) in [6.07, 6.45) is -0.656. The highest BCUT2D eigenvalue weighted by atomic mass is 16.6. The van der Waals surface area contributed by atoms with E-state index in [1.54, 1.807) is 13.8 Å². The third-order valence-corrected chi connectivity index (χ3v) is 1.26. The summed E-state index contributed by atoms with van der Waals surface area (Å²) in [6.45, 7) is 11.0. The quantitative estimate of drug-likeness (QED) is 0.426. The van der Waals surface area contributed by atoms with E-state index in [0.717, 1.165) is 6.08 Å². The molecule has 0 aliphatic carbocycles. The molecule has 2 atom stereocenters. The Bertz CT molecular complexity index is 293. The van der Waals surface area contributed by atoms with Crippen LogP contribution in [0.3, 0.4) is 0 Å². The third-order valence-electron chi connectivity index (χ3n) is 1.26. The molecule has 0 radical (unpaired) electrons. The molecule has 0 heterocycles. The largest absolute Gasteiger partial charge is 0.460 e. The molecule has 0 rings (SSSR count). The lowest BCUT2D eigenvalue weighted by atomic mass is 10.3. The summed E-state index contributed by atoms with van der Waals surface area (Å²) in [5, 5.41) is 17.0. The average molecular weight is 260 g/mol. The number of carbonyl (C=O) groups is 2. The highest BCUT2D eigenvalue weighted by Crippen LogP contribution is 1.92. The van der Waals surface area contributed by atoms with Crippen LogP contribution in [0.2, 0.25) is 0 Å².